The summed E-state index contributed by atoms with van der Waals surface area (Å²) in [7, 11) is -10.1. The average Bonchev–Trinajstić information content (AvgIpc) is 2.76. The lowest BCUT2D eigenvalue weighted by atomic mass is 9.95. The number of hydrogen-bond acceptors (Lipinski definition) is 7. The van der Waals surface area contributed by atoms with E-state index in [-0.39, 0.29) is 32.5 Å². The van der Waals surface area contributed by atoms with E-state index in [1.165, 1.54) is 12.1 Å². The average molecular weight is 522 g/mol. The standard InChI is InChI=1S/C21H22F3NO7S2/c1-2-3-4-5-6-7-13-33(28,29)17-12-11-16-18-14(17)9-8-10-15(18)19(26)25(20(16)27)32-34(30,31)21(22,23)24/h8-12H,2-7,13H2,1H3. The first-order valence-corrected chi connectivity index (χ1v) is 13.6. The van der Waals surface area contributed by atoms with Crippen LogP contribution < -0.4 is 0 Å². The van der Waals surface area contributed by atoms with E-state index in [0.717, 1.165) is 50.3 Å². The second-order valence-corrected chi connectivity index (χ2v) is 11.4. The maximum atomic E-state index is 13.0. The minimum absolute atomic E-state index is 0.0426. The van der Waals surface area contributed by atoms with E-state index in [2.05, 4.69) is 11.2 Å². The summed E-state index contributed by atoms with van der Waals surface area (Å²) < 4.78 is 90.6. The number of halogens is 3. The Bertz CT molecular complexity index is 1310. The van der Waals surface area contributed by atoms with Crippen molar-refractivity contribution in [3.05, 3.63) is 41.5 Å². The van der Waals surface area contributed by atoms with Crippen molar-refractivity contribution in [3.8, 4) is 0 Å². The van der Waals surface area contributed by atoms with Gasteiger partial charge in [0, 0.05) is 10.8 Å². The SMILES string of the molecule is CCCCCCCCS(=O)(=O)c1ccc2c3c(cccc13)C(=O)N(OS(=O)(=O)C(F)(F)F)C2=O. The smallest absolute Gasteiger partial charge is 0.266 e. The van der Waals surface area contributed by atoms with E-state index in [4.69, 9.17) is 0 Å². The Labute approximate surface area is 194 Å². The number of benzene rings is 2. The number of amides is 2. The van der Waals surface area contributed by atoms with E-state index in [1.54, 1.807) is 0 Å². The summed E-state index contributed by atoms with van der Waals surface area (Å²) in [5.74, 6) is -3.07. The lowest BCUT2D eigenvalue weighted by Crippen LogP contribution is -2.44. The molecule has 3 rings (SSSR count). The highest BCUT2D eigenvalue weighted by Crippen LogP contribution is 2.36. The van der Waals surface area contributed by atoms with Gasteiger partial charge in [0.2, 0.25) is 0 Å². The van der Waals surface area contributed by atoms with Crippen LogP contribution in [0.3, 0.4) is 0 Å². The summed E-state index contributed by atoms with van der Waals surface area (Å²) >= 11 is 0. The van der Waals surface area contributed by atoms with E-state index in [0.29, 0.717) is 6.42 Å². The van der Waals surface area contributed by atoms with Crippen molar-refractivity contribution in [2.24, 2.45) is 0 Å². The van der Waals surface area contributed by atoms with E-state index in [9.17, 15) is 39.6 Å². The molecule has 0 saturated carbocycles. The van der Waals surface area contributed by atoms with Gasteiger partial charge >= 0.3 is 15.6 Å². The molecule has 2 amide bonds. The monoisotopic (exact) mass is 521 g/mol. The molecule has 0 aliphatic carbocycles. The van der Waals surface area contributed by atoms with Gasteiger partial charge in [-0.2, -0.15) is 21.6 Å². The second-order valence-electron chi connectivity index (χ2n) is 7.81. The molecule has 0 aromatic heterocycles. The van der Waals surface area contributed by atoms with Gasteiger partial charge in [0.05, 0.1) is 21.8 Å². The molecule has 13 heteroatoms. The van der Waals surface area contributed by atoms with Crippen molar-refractivity contribution in [3.63, 3.8) is 0 Å². The number of sulfone groups is 1. The van der Waals surface area contributed by atoms with Crippen molar-refractivity contribution in [2.45, 2.75) is 55.9 Å². The third-order valence-corrected chi connectivity index (χ3v) is 8.15. The van der Waals surface area contributed by atoms with Crippen LogP contribution in [0.2, 0.25) is 0 Å². The first-order chi connectivity index (χ1) is 15.8. The van der Waals surface area contributed by atoms with E-state index >= 15 is 0 Å². The zero-order valence-electron chi connectivity index (χ0n) is 18.1. The molecule has 0 N–H and O–H groups in total. The van der Waals surface area contributed by atoms with Crippen LogP contribution >= 0.6 is 0 Å². The van der Waals surface area contributed by atoms with Crippen LogP contribution in [0.4, 0.5) is 13.2 Å². The summed E-state index contributed by atoms with van der Waals surface area (Å²) in [5, 5.41) is -0.531. The van der Waals surface area contributed by atoms with Gasteiger partial charge in [0.25, 0.3) is 11.8 Å². The maximum absolute atomic E-state index is 13.0. The molecule has 8 nitrogen and oxygen atoms in total. The van der Waals surface area contributed by atoms with Crippen LogP contribution in [0, 0.1) is 0 Å². The maximum Gasteiger partial charge on any atom is 0.525 e. The number of rotatable bonds is 10. The van der Waals surface area contributed by atoms with Crippen LogP contribution in [0.5, 0.6) is 0 Å². The van der Waals surface area contributed by atoms with Gasteiger partial charge in [-0.25, -0.2) is 8.42 Å². The molecule has 1 aliphatic heterocycles. The van der Waals surface area contributed by atoms with Crippen molar-refractivity contribution in [1.29, 1.82) is 0 Å². The molecule has 0 atom stereocenters. The Hall–Kier alpha value is -2.51. The quantitative estimate of drug-likeness (QED) is 0.259. The Morgan fingerprint density at radius 3 is 2.06 bits per heavy atom. The van der Waals surface area contributed by atoms with Gasteiger partial charge in [0.1, 0.15) is 0 Å². The summed E-state index contributed by atoms with van der Waals surface area (Å²) in [6.07, 6.45) is 5.16. The molecule has 0 bridgehead atoms. The van der Waals surface area contributed by atoms with Gasteiger partial charge in [-0.15, -0.1) is 9.35 Å². The highest BCUT2D eigenvalue weighted by molar-refractivity contribution is 7.91. The van der Waals surface area contributed by atoms with Gasteiger partial charge in [-0.1, -0.05) is 51.2 Å². The molecular weight excluding hydrogens is 499 g/mol. The molecule has 0 radical (unpaired) electrons. The van der Waals surface area contributed by atoms with Gasteiger partial charge in [-0.3, -0.25) is 9.59 Å². The van der Waals surface area contributed by atoms with Crippen molar-refractivity contribution >= 4 is 42.5 Å². The summed E-state index contributed by atoms with van der Waals surface area (Å²) in [6, 6.07) is 5.96. The van der Waals surface area contributed by atoms with Crippen molar-refractivity contribution < 1.29 is 43.9 Å². The number of hydrogen-bond donors (Lipinski definition) is 0. The molecule has 0 spiro atoms. The third-order valence-electron chi connectivity index (χ3n) is 5.39. The number of carbonyl (C=O) groups excluding carboxylic acids is 2. The van der Waals surface area contributed by atoms with Gasteiger partial charge in [0.15, 0.2) is 9.84 Å². The molecule has 186 valence electrons. The summed E-state index contributed by atoms with van der Waals surface area (Å²) in [5.41, 5.74) is -6.59. The highest BCUT2D eigenvalue weighted by Gasteiger charge is 2.51. The minimum atomic E-state index is -6.30. The Morgan fingerprint density at radius 1 is 0.853 bits per heavy atom. The predicted molar refractivity (Wildman–Crippen MR) is 116 cm³/mol. The predicted octanol–water partition coefficient (Wildman–Crippen LogP) is 4.35. The normalized spacial score (nSPS) is 14.8. The van der Waals surface area contributed by atoms with Gasteiger partial charge in [-0.05, 0) is 24.6 Å². The van der Waals surface area contributed by atoms with Crippen LogP contribution in [0.1, 0.15) is 66.2 Å². The molecule has 2 aromatic rings. The molecule has 2 aromatic carbocycles. The Kier molecular flexibility index (Phi) is 7.39. The fourth-order valence-electron chi connectivity index (χ4n) is 3.71. The van der Waals surface area contributed by atoms with Crippen LogP contribution in [0.15, 0.2) is 35.2 Å². The Balaban J connectivity index is 1.96. The fourth-order valence-corrected chi connectivity index (χ4v) is 5.71. The number of imide groups is 1. The number of unbranched alkanes of at least 4 members (excludes halogenated alkanes) is 5. The lowest BCUT2D eigenvalue weighted by Gasteiger charge is -2.26. The zero-order chi connectivity index (χ0) is 25.3. The number of nitrogens with zero attached hydrogens (tertiary/aromatic N) is 1. The van der Waals surface area contributed by atoms with Crippen molar-refractivity contribution in [1.82, 2.24) is 5.06 Å². The van der Waals surface area contributed by atoms with Crippen molar-refractivity contribution in [2.75, 3.05) is 5.75 Å². The van der Waals surface area contributed by atoms with E-state index < -0.39 is 42.3 Å². The fraction of sp³-hybridized carbons (Fsp3) is 0.429. The first kappa shape index (κ1) is 26.1. The number of alkyl halides is 3. The largest absolute Gasteiger partial charge is 0.525 e. The number of carbonyl (C=O) groups is 2. The highest BCUT2D eigenvalue weighted by atomic mass is 32.2. The molecule has 0 fully saturated rings. The molecule has 0 saturated heterocycles. The topological polar surface area (TPSA) is 115 Å². The molecule has 1 aliphatic rings. The van der Waals surface area contributed by atoms with Crippen LogP contribution in [-0.2, 0) is 24.2 Å². The summed E-state index contributed by atoms with van der Waals surface area (Å²) in [4.78, 5) is 25.2. The molecule has 0 unspecified atom stereocenters. The zero-order valence-corrected chi connectivity index (χ0v) is 19.7. The van der Waals surface area contributed by atoms with Gasteiger partial charge < -0.3 is 0 Å². The minimum Gasteiger partial charge on any atom is -0.266 e. The molecular formula is C21H22F3NO7S2. The summed E-state index contributed by atoms with van der Waals surface area (Å²) in [6.45, 7) is 2.07. The van der Waals surface area contributed by atoms with Crippen LogP contribution in [0.25, 0.3) is 10.8 Å². The molecule has 1 heterocycles. The van der Waals surface area contributed by atoms with Crippen LogP contribution in [-0.4, -0.2) is 45.0 Å². The molecule has 34 heavy (non-hydrogen) atoms. The third kappa shape index (κ3) is 4.96. The number of hydroxylamine groups is 2. The van der Waals surface area contributed by atoms with E-state index in [1.807, 2.05) is 0 Å². The second kappa shape index (κ2) is 9.62. The lowest BCUT2D eigenvalue weighted by molar-refractivity contribution is -0.0761. The Morgan fingerprint density at radius 2 is 1.44 bits per heavy atom. The first-order valence-electron chi connectivity index (χ1n) is 10.5.